The Labute approximate surface area is 115 Å². The van der Waals surface area contributed by atoms with Crippen LogP contribution in [-0.2, 0) is 6.54 Å². The molecule has 94 valence electrons. The second kappa shape index (κ2) is 7.13. The molecule has 0 unspecified atom stereocenters. The van der Waals surface area contributed by atoms with E-state index in [1.165, 1.54) is 0 Å². The SMILES string of the molecule is Brc1cncc(CNCCOc2ccccc2)c1. The fourth-order valence-corrected chi connectivity index (χ4v) is 1.96. The van der Waals surface area contributed by atoms with E-state index >= 15 is 0 Å². The maximum absolute atomic E-state index is 5.58. The first-order valence-corrected chi connectivity index (χ1v) is 6.62. The minimum Gasteiger partial charge on any atom is -0.492 e. The second-order valence-electron chi connectivity index (χ2n) is 3.85. The summed E-state index contributed by atoms with van der Waals surface area (Å²) in [6.45, 7) is 2.26. The molecule has 0 spiro atoms. The molecule has 1 aromatic heterocycles. The van der Waals surface area contributed by atoms with E-state index in [1.807, 2.05) is 36.5 Å². The molecule has 1 heterocycles. The number of para-hydroxylation sites is 1. The van der Waals surface area contributed by atoms with Gasteiger partial charge in [-0.15, -0.1) is 0 Å². The zero-order valence-corrected chi connectivity index (χ0v) is 11.6. The van der Waals surface area contributed by atoms with Crippen LogP contribution >= 0.6 is 15.9 Å². The summed E-state index contributed by atoms with van der Waals surface area (Å²) in [6, 6.07) is 11.9. The van der Waals surface area contributed by atoms with Gasteiger partial charge in [-0.3, -0.25) is 4.98 Å². The highest BCUT2D eigenvalue weighted by Gasteiger charge is 1.95. The minimum absolute atomic E-state index is 0.658. The molecule has 0 saturated carbocycles. The lowest BCUT2D eigenvalue weighted by Gasteiger charge is -2.07. The van der Waals surface area contributed by atoms with Gasteiger partial charge in [0.2, 0.25) is 0 Å². The maximum atomic E-state index is 5.58. The Balaban J connectivity index is 1.65. The number of nitrogens with zero attached hydrogens (tertiary/aromatic N) is 1. The highest BCUT2D eigenvalue weighted by Crippen LogP contribution is 2.09. The summed E-state index contributed by atoms with van der Waals surface area (Å²) in [6.07, 6.45) is 3.64. The van der Waals surface area contributed by atoms with Gasteiger partial charge in [0, 0.05) is 30.0 Å². The lowest BCUT2D eigenvalue weighted by molar-refractivity contribution is 0.313. The van der Waals surface area contributed by atoms with Crippen LogP contribution in [0.1, 0.15) is 5.56 Å². The summed E-state index contributed by atoms with van der Waals surface area (Å²) in [5.74, 6) is 0.906. The number of pyridine rings is 1. The molecule has 0 saturated heterocycles. The van der Waals surface area contributed by atoms with E-state index in [1.54, 1.807) is 6.20 Å². The van der Waals surface area contributed by atoms with Crippen LogP contribution in [-0.4, -0.2) is 18.1 Å². The molecule has 0 aliphatic carbocycles. The van der Waals surface area contributed by atoms with Crippen molar-refractivity contribution in [1.82, 2.24) is 10.3 Å². The quantitative estimate of drug-likeness (QED) is 0.833. The van der Waals surface area contributed by atoms with Crippen LogP contribution in [0, 0.1) is 0 Å². The fourth-order valence-electron chi connectivity index (χ4n) is 1.54. The number of halogens is 1. The first kappa shape index (κ1) is 13.1. The first-order valence-electron chi connectivity index (χ1n) is 5.82. The summed E-state index contributed by atoms with van der Waals surface area (Å²) < 4.78 is 6.58. The topological polar surface area (TPSA) is 34.2 Å². The van der Waals surface area contributed by atoms with E-state index in [0.29, 0.717) is 6.61 Å². The van der Waals surface area contributed by atoms with Gasteiger partial charge in [0.25, 0.3) is 0 Å². The van der Waals surface area contributed by atoms with E-state index in [2.05, 4.69) is 32.3 Å². The molecule has 1 N–H and O–H groups in total. The lowest BCUT2D eigenvalue weighted by atomic mass is 10.3. The molecule has 0 amide bonds. The van der Waals surface area contributed by atoms with Crippen LogP contribution in [0.25, 0.3) is 0 Å². The Kier molecular flexibility index (Phi) is 5.17. The average Bonchev–Trinajstić information content (AvgIpc) is 2.40. The van der Waals surface area contributed by atoms with Crippen LogP contribution in [0.15, 0.2) is 53.3 Å². The number of benzene rings is 1. The van der Waals surface area contributed by atoms with E-state index in [4.69, 9.17) is 4.74 Å². The van der Waals surface area contributed by atoms with E-state index < -0.39 is 0 Å². The number of aromatic nitrogens is 1. The Morgan fingerprint density at radius 1 is 1.17 bits per heavy atom. The Hall–Kier alpha value is -1.39. The van der Waals surface area contributed by atoms with Crippen molar-refractivity contribution in [3.63, 3.8) is 0 Å². The van der Waals surface area contributed by atoms with Gasteiger partial charge in [-0.1, -0.05) is 18.2 Å². The van der Waals surface area contributed by atoms with Gasteiger partial charge in [-0.25, -0.2) is 0 Å². The van der Waals surface area contributed by atoms with Gasteiger partial charge in [0.05, 0.1) is 0 Å². The minimum atomic E-state index is 0.658. The van der Waals surface area contributed by atoms with Crippen LogP contribution in [0.4, 0.5) is 0 Å². The number of hydrogen-bond donors (Lipinski definition) is 1. The third-order valence-corrected chi connectivity index (χ3v) is 2.82. The second-order valence-corrected chi connectivity index (χ2v) is 4.77. The summed E-state index contributed by atoms with van der Waals surface area (Å²) in [7, 11) is 0. The largest absolute Gasteiger partial charge is 0.492 e. The summed E-state index contributed by atoms with van der Waals surface area (Å²) >= 11 is 3.40. The van der Waals surface area contributed by atoms with Crippen molar-refractivity contribution >= 4 is 15.9 Å². The van der Waals surface area contributed by atoms with Gasteiger partial charge in [-0.05, 0) is 39.7 Å². The van der Waals surface area contributed by atoms with Crippen LogP contribution in [0.5, 0.6) is 5.75 Å². The van der Waals surface area contributed by atoms with Gasteiger partial charge >= 0.3 is 0 Å². The summed E-state index contributed by atoms with van der Waals surface area (Å²) in [5.41, 5.74) is 1.16. The lowest BCUT2D eigenvalue weighted by Crippen LogP contribution is -2.20. The monoisotopic (exact) mass is 306 g/mol. The molecule has 3 nitrogen and oxygen atoms in total. The van der Waals surface area contributed by atoms with Gasteiger partial charge in [-0.2, -0.15) is 0 Å². The van der Waals surface area contributed by atoms with E-state index in [0.717, 1.165) is 28.9 Å². The fraction of sp³-hybridized carbons (Fsp3) is 0.214. The molecular formula is C14H15BrN2O. The zero-order chi connectivity index (χ0) is 12.6. The molecule has 1 aromatic carbocycles. The van der Waals surface area contributed by atoms with Gasteiger partial charge in [0.1, 0.15) is 12.4 Å². The van der Waals surface area contributed by atoms with Crippen molar-refractivity contribution in [1.29, 1.82) is 0 Å². The van der Waals surface area contributed by atoms with Gasteiger partial charge < -0.3 is 10.1 Å². The van der Waals surface area contributed by atoms with E-state index in [9.17, 15) is 0 Å². The van der Waals surface area contributed by atoms with Crippen LogP contribution < -0.4 is 10.1 Å². The van der Waals surface area contributed by atoms with Crippen molar-refractivity contribution in [3.05, 3.63) is 58.8 Å². The van der Waals surface area contributed by atoms with Crippen molar-refractivity contribution in [2.24, 2.45) is 0 Å². The standard InChI is InChI=1S/C14H15BrN2O/c15-13-8-12(10-17-11-13)9-16-6-7-18-14-4-2-1-3-5-14/h1-5,8,10-11,16H,6-7,9H2. The van der Waals surface area contributed by atoms with Crippen LogP contribution in [0.2, 0.25) is 0 Å². The Morgan fingerprint density at radius 3 is 2.78 bits per heavy atom. The first-order chi connectivity index (χ1) is 8.84. The molecule has 4 heteroatoms. The zero-order valence-electron chi connectivity index (χ0n) is 9.97. The average molecular weight is 307 g/mol. The van der Waals surface area contributed by atoms with Crippen molar-refractivity contribution < 1.29 is 4.74 Å². The Bertz CT molecular complexity index is 476. The molecule has 0 bridgehead atoms. The van der Waals surface area contributed by atoms with E-state index in [-0.39, 0.29) is 0 Å². The molecule has 0 fully saturated rings. The third-order valence-electron chi connectivity index (χ3n) is 2.38. The number of rotatable bonds is 6. The molecule has 0 aliphatic rings. The highest BCUT2D eigenvalue weighted by atomic mass is 79.9. The van der Waals surface area contributed by atoms with Gasteiger partial charge in [0.15, 0.2) is 0 Å². The molecule has 0 atom stereocenters. The predicted octanol–water partition coefficient (Wildman–Crippen LogP) is 3.01. The molecule has 0 aliphatic heterocycles. The normalized spacial score (nSPS) is 10.3. The molecular weight excluding hydrogens is 292 g/mol. The highest BCUT2D eigenvalue weighted by molar-refractivity contribution is 9.10. The Morgan fingerprint density at radius 2 is 2.00 bits per heavy atom. The molecule has 18 heavy (non-hydrogen) atoms. The molecule has 2 rings (SSSR count). The number of ether oxygens (including phenoxy) is 1. The third kappa shape index (κ3) is 4.47. The molecule has 2 aromatic rings. The molecule has 0 radical (unpaired) electrons. The number of nitrogens with one attached hydrogen (secondary N) is 1. The smallest absolute Gasteiger partial charge is 0.119 e. The van der Waals surface area contributed by atoms with Crippen molar-refractivity contribution in [3.8, 4) is 5.75 Å². The number of hydrogen-bond acceptors (Lipinski definition) is 3. The summed E-state index contributed by atoms with van der Waals surface area (Å²) in [4.78, 5) is 4.11. The predicted molar refractivity (Wildman–Crippen MR) is 75.6 cm³/mol. The van der Waals surface area contributed by atoms with Crippen LogP contribution in [0.3, 0.4) is 0 Å². The van der Waals surface area contributed by atoms with Crippen molar-refractivity contribution in [2.45, 2.75) is 6.54 Å². The van der Waals surface area contributed by atoms with Crippen molar-refractivity contribution in [2.75, 3.05) is 13.2 Å². The summed E-state index contributed by atoms with van der Waals surface area (Å²) in [5, 5.41) is 3.31. The maximum Gasteiger partial charge on any atom is 0.119 e.